The molecule has 1 unspecified atom stereocenters. The maximum atomic E-state index is 12.3. The summed E-state index contributed by atoms with van der Waals surface area (Å²) in [7, 11) is -1.40. The molecule has 0 aromatic heterocycles. The third kappa shape index (κ3) is 3.47. The molecule has 0 saturated heterocycles. The van der Waals surface area contributed by atoms with Crippen LogP contribution in [0.2, 0.25) is 13.1 Å². The van der Waals surface area contributed by atoms with Crippen molar-refractivity contribution in [2.75, 3.05) is 0 Å². The number of carbonyl (C=O) groups is 2. The van der Waals surface area contributed by atoms with Gasteiger partial charge in [0.25, 0.3) is 0 Å². The molecule has 1 aromatic rings. The number of unbranched alkanes of at least 4 members (excludes halogenated alkanes) is 1. The fourth-order valence-electron chi connectivity index (χ4n) is 3.58. The third-order valence-electron chi connectivity index (χ3n) is 4.67. The standard InChI is InChI=1S/C19H28O4Si/c1-6-8-9-14-17(16(10-20)23-24(4)5)13(7-2)12(3)15-11-22-19(21)18(14)15/h10,16,24H,6-9,11H2,1-5H3. The smallest absolute Gasteiger partial charge is 0.339 e. The van der Waals surface area contributed by atoms with E-state index in [0.717, 1.165) is 59.8 Å². The fourth-order valence-corrected chi connectivity index (χ4v) is 4.37. The number of ether oxygens (including phenoxy) is 1. The van der Waals surface area contributed by atoms with E-state index in [1.54, 1.807) is 0 Å². The molecule has 0 saturated carbocycles. The van der Waals surface area contributed by atoms with Gasteiger partial charge >= 0.3 is 5.97 Å². The van der Waals surface area contributed by atoms with Crippen LogP contribution in [-0.2, 0) is 33.4 Å². The van der Waals surface area contributed by atoms with Gasteiger partial charge in [0.1, 0.15) is 12.7 Å². The van der Waals surface area contributed by atoms with Crippen LogP contribution in [0, 0.1) is 6.92 Å². The Morgan fingerprint density at radius 1 is 1.29 bits per heavy atom. The lowest BCUT2D eigenvalue weighted by atomic mass is 9.83. The molecule has 24 heavy (non-hydrogen) atoms. The number of hydrogen-bond acceptors (Lipinski definition) is 4. The number of hydrogen-bond donors (Lipinski definition) is 0. The van der Waals surface area contributed by atoms with E-state index in [1.807, 2.05) is 6.92 Å². The Morgan fingerprint density at radius 3 is 2.54 bits per heavy atom. The lowest BCUT2D eigenvalue weighted by Crippen LogP contribution is -2.21. The number of aldehydes is 1. The van der Waals surface area contributed by atoms with Crippen molar-refractivity contribution in [1.29, 1.82) is 0 Å². The van der Waals surface area contributed by atoms with Crippen molar-refractivity contribution in [2.24, 2.45) is 0 Å². The molecular weight excluding hydrogens is 320 g/mol. The van der Waals surface area contributed by atoms with Crippen molar-refractivity contribution in [1.82, 2.24) is 0 Å². The lowest BCUT2D eigenvalue weighted by molar-refractivity contribution is -0.114. The minimum Gasteiger partial charge on any atom is -0.457 e. The van der Waals surface area contributed by atoms with Crippen LogP contribution in [0.15, 0.2) is 0 Å². The van der Waals surface area contributed by atoms with Gasteiger partial charge in [0.05, 0.1) is 5.56 Å². The molecular formula is C19H28O4Si. The van der Waals surface area contributed by atoms with Crippen molar-refractivity contribution < 1.29 is 18.8 Å². The monoisotopic (exact) mass is 348 g/mol. The molecule has 4 nitrogen and oxygen atoms in total. The van der Waals surface area contributed by atoms with E-state index in [2.05, 4.69) is 26.9 Å². The van der Waals surface area contributed by atoms with E-state index >= 15 is 0 Å². The number of benzene rings is 1. The molecule has 0 aliphatic carbocycles. The van der Waals surface area contributed by atoms with Gasteiger partial charge in [-0.15, -0.1) is 0 Å². The number of fused-ring (bicyclic) bond motifs is 1. The zero-order chi connectivity index (χ0) is 17.9. The number of esters is 1. The molecule has 1 atom stereocenters. The zero-order valence-electron chi connectivity index (χ0n) is 15.4. The zero-order valence-corrected chi connectivity index (χ0v) is 16.6. The van der Waals surface area contributed by atoms with Crippen molar-refractivity contribution >= 4 is 21.3 Å². The SMILES string of the molecule is CCCCc1c2c(c(C)c(CC)c1C(C=O)O[SiH](C)C)COC2=O. The first-order valence-corrected chi connectivity index (χ1v) is 11.7. The molecule has 0 radical (unpaired) electrons. The Hall–Kier alpha value is -1.46. The van der Waals surface area contributed by atoms with E-state index in [1.165, 1.54) is 0 Å². The van der Waals surface area contributed by atoms with Gasteiger partial charge in [-0.1, -0.05) is 20.3 Å². The average molecular weight is 349 g/mol. The molecule has 1 aliphatic heterocycles. The van der Waals surface area contributed by atoms with Crippen molar-refractivity contribution in [3.8, 4) is 0 Å². The Balaban J connectivity index is 2.73. The quantitative estimate of drug-likeness (QED) is 0.407. The van der Waals surface area contributed by atoms with E-state index in [0.29, 0.717) is 12.2 Å². The summed E-state index contributed by atoms with van der Waals surface area (Å²) in [4.78, 5) is 24.2. The maximum Gasteiger partial charge on any atom is 0.339 e. The molecule has 0 fully saturated rings. The van der Waals surface area contributed by atoms with E-state index in [4.69, 9.17) is 9.16 Å². The first kappa shape index (κ1) is 18.9. The van der Waals surface area contributed by atoms with Crippen LogP contribution in [0.1, 0.15) is 71.0 Å². The molecule has 0 amide bonds. The maximum absolute atomic E-state index is 12.3. The largest absolute Gasteiger partial charge is 0.457 e. The Kier molecular flexibility index (Phi) is 6.35. The Bertz CT molecular complexity index is 637. The second-order valence-electron chi connectivity index (χ2n) is 6.62. The van der Waals surface area contributed by atoms with Gasteiger partial charge in [-0.05, 0) is 61.5 Å². The Morgan fingerprint density at radius 2 is 2.00 bits per heavy atom. The first-order chi connectivity index (χ1) is 11.5. The molecule has 0 bridgehead atoms. The second kappa shape index (κ2) is 8.08. The van der Waals surface area contributed by atoms with Crippen molar-refractivity contribution in [2.45, 2.75) is 72.3 Å². The first-order valence-electron chi connectivity index (χ1n) is 8.91. The van der Waals surface area contributed by atoms with Crippen LogP contribution >= 0.6 is 0 Å². The van der Waals surface area contributed by atoms with Gasteiger partial charge in [0, 0.05) is 5.56 Å². The molecule has 2 rings (SSSR count). The highest BCUT2D eigenvalue weighted by Gasteiger charge is 2.33. The van der Waals surface area contributed by atoms with Crippen LogP contribution in [0.4, 0.5) is 0 Å². The predicted octanol–water partition coefficient (Wildman–Crippen LogP) is 3.81. The van der Waals surface area contributed by atoms with Gasteiger partial charge < -0.3 is 14.0 Å². The summed E-state index contributed by atoms with van der Waals surface area (Å²) in [5, 5.41) is 0. The van der Waals surface area contributed by atoms with Gasteiger partial charge in [0.2, 0.25) is 0 Å². The number of carbonyl (C=O) groups excluding carboxylic acids is 2. The molecule has 5 heteroatoms. The van der Waals surface area contributed by atoms with E-state index < -0.39 is 15.1 Å². The molecule has 1 aromatic carbocycles. The van der Waals surface area contributed by atoms with Crippen LogP contribution in [0.25, 0.3) is 0 Å². The van der Waals surface area contributed by atoms with Gasteiger partial charge in [-0.2, -0.15) is 0 Å². The summed E-state index contributed by atoms with van der Waals surface area (Å²) in [5.41, 5.74) is 5.81. The number of rotatable bonds is 8. The predicted molar refractivity (Wildman–Crippen MR) is 97.1 cm³/mol. The lowest BCUT2D eigenvalue weighted by Gasteiger charge is -2.25. The van der Waals surface area contributed by atoms with E-state index in [-0.39, 0.29) is 5.97 Å². The molecule has 0 N–H and O–H groups in total. The summed E-state index contributed by atoms with van der Waals surface area (Å²) >= 11 is 0. The third-order valence-corrected chi connectivity index (χ3v) is 5.51. The summed E-state index contributed by atoms with van der Waals surface area (Å²) in [6.07, 6.45) is 3.92. The summed E-state index contributed by atoms with van der Waals surface area (Å²) in [6.45, 7) is 10.7. The minimum atomic E-state index is -1.40. The fraction of sp³-hybridized carbons (Fsp3) is 0.579. The number of cyclic esters (lactones) is 1. The highest BCUT2D eigenvalue weighted by Crippen LogP contribution is 2.38. The topological polar surface area (TPSA) is 52.6 Å². The van der Waals surface area contributed by atoms with E-state index in [9.17, 15) is 9.59 Å². The highest BCUT2D eigenvalue weighted by atomic mass is 28.3. The summed E-state index contributed by atoms with van der Waals surface area (Å²) in [6, 6.07) is 0. The Labute approximate surface area is 146 Å². The van der Waals surface area contributed by atoms with Gasteiger partial charge in [0.15, 0.2) is 15.3 Å². The molecule has 132 valence electrons. The van der Waals surface area contributed by atoms with Crippen LogP contribution in [0.5, 0.6) is 0 Å². The van der Waals surface area contributed by atoms with Crippen LogP contribution in [0.3, 0.4) is 0 Å². The summed E-state index contributed by atoms with van der Waals surface area (Å²) < 4.78 is 11.3. The van der Waals surface area contributed by atoms with Gasteiger partial charge in [-0.25, -0.2) is 4.79 Å². The molecule has 1 heterocycles. The van der Waals surface area contributed by atoms with Crippen LogP contribution in [-0.4, -0.2) is 21.3 Å². The van der Waals surface area contributed by atoms with Crippen molar-refractivity contribution in [3.63, 3.8) is 0 Å². The summed E-state index contributed by atoms with van der Waals surface area (Å²) in [5.74, 6) is -0.255. The molecule has 1 aliphatic rings. The minimum absolute atomic E-state index is 0.255. The molecule has 0 spiro atoms. The second-order valence-corrected chi connectivity index (χ2v) is 8.99. The van der Waals surface area contributed by atoms with Crippen molar-refractivity contribution in [3.05, 3.63) is 33.4 Å². The normalized spacial score (nSPS) is 14.7. The van der Waals surface area contributed by atoms with Gasteiger partial charge in [-0.3, -0.25) is 0 Å². The average Bonchev–Trinajstić information content (AvgIpc) is 2.94. The highest BCUT2D eigenvalue weighted by molar-refractivity contribution is 6.48. The van der Waals surface area contributed by atoms with Crippen LogP contribution < -0.4 is 0 Å².